The maximum Gasteiger partial charge on any atom is 0.409 e. The summed E-state index contributed by atoms with van der Waals surface area (Å²) in [5.74, 6) is -0.370. The fraction of sp³-hybridized carbons (Fsp3) is 0.429. The van der Waals surface area contributed by atoms with Crippen molar-refractivity contribution in [2.45, 2.75) is 18.9 Å². The first-order valence-electron chi connectivity index (χ1n) is 6.63. The van der Waals surface area contributed by atoms with Crippen LogP contribution in [0.3, 0.4) is 0 Å². The Morgan fingerprint density at radius 1 is 1.38 bits per heavy atom. The quantitative estimate of drug-likeness (QED) is 0.850. The maximum absolute atomic E-state index is 12.1. The lowest BCUT2D eigenvalue weighted by Gasteiger charge is -2.31. The Bertz CT molecular complexity index is 542. The zero-order chi connectivity index (χ0) is 15.4. The number of carbonyl (C=O) groups excluding carboxylic acids is 2. The highest BCUT2D eigenvalue weighted by Gasteiger charge is 2.25. The summed E-state index contributed by atoms with van der Waals surface area (Å²) in [7, 11) is 1.35. The Labute approximate surface area is 131 Å². The van der Waals surface area contributed by atoms with Crippen molar-refractivity contribution in [2.24, 2.45) is 0 Å². The number of benzene rings is 1. The van der Waals surface area contributed by atoms with Crippen LogP contribution in [0.4, 0.5) is 4.79 Å². The number of amides is 2. The summed E-state index contributed by atoms with van der Waals surface area (Å²) in [6.07, 6.45) is 0.987. The van der Waals surface area contributed by atoms with Gasteiger partial charge in [-0.25, -0.2) is 4.79 Å². The van der Waals surface area contributed by atoms with Gasteiger partial charge >= 0.3 is 6.09 Å². The molecule has 1 saturated heterocycles. The van der Waals surface area contributed by atoms with E-state index in [1.807, 2.05) is 0 Å². The molecule has 0 saturated carbocycles. The van der Waals surface area contributed by atoms with E-state index in [2.05, 4.69) is 26.0 Å². The number of rotatable bonds is 2. The van der Waals surface area contributed by atoms with Gasteiger partial charge in [-0.3, -0.25) is 4.79 Å². The molecule has 1 aromatic rings. The van der Waals surface area contributed by atoms with Crippen molar-refractivity contribution in [1.29, 1.82) is 0 Å². The van der Waals surface area contributed by atoms with E-state index in [1.165, 1.54) is 13.2 Å². The van der Waals surface area contributed by atoms with Crippen molar-refractivity contribution in [3.05, 3.63) is 28.2 Å². The summed E-state index contributed by atoms with van der Waals surface area (Å²) in [6, 6.07) is 4.74. The van der Waals surface area contributed by atoms with Gasteiger partial charge in [0.2, 0.25) is 0 Å². The molecule has 1 fully saturated rings. The van der Waals surface area contributed by atoms with Gasteiger partial charge in [-0.05, 0) is 31.0 Å². The highest BCUT2D eigenvalue weighted by atomic mass is 79.9. The van der Waals surface area contributed by atoms with E-state index in [0.717, 1.165) is 0 Å². The first-order chi connectivity index (χ1) is 10.0. The van der Waals surface area contributed by atoms with E-state index in [1.54, 1.807) is 17.0 Å². The van der Waals surface area contributed by atoms with Crippen molar-refractivity contribution >= 4 is 27.9 Å². The molecule has 1 heterocycles. The van der Waals surface area contributed by atoms with E-state index in [0.29, 0.717) is 30.4 Å². The molecule has 2 N–H and O–H groups in total. The van der Waals surface area contributed by atoms with Gasteiger partial charge in [0.1, 0.15) is 5.75 Å². The second kappa shape index (κ2) is 6.80. The third-order valence-corrected chi connectivity index (χ3v) is 3.96. The lowest BCUT2D eigenvalue weighted by atomic mass is 10.0. The lowest BCUT2D eigenvalue weighted by Crippen LogP contribution is -2.46. The normalized spacial score (nSPS) is 15.6. The number of halogens is 1. The molecule has 0 bridgehead atoms. The highest BCUT2D eigenvalue weighted by Crippen LogP contribution is 2.22. The fourth-order valence-electron chi connectivity index (χ4n) is 2.30. The van der Waals surface area contributed by atoms with Gasteiger partial charge in [-0.15, -0.1) is 0 Å². The minimum atomic E-state index is -0.342. The monoisotopic (exact) mass is 356 g/mol. The largest absolute Gasteiger partial charge is 0.507 e. The molecule has 0 radical (unpaired) electrons. The summed E-state index contributed by atoms with van der Waals surface area (Å²) < 4.78 is 5.38. The zero-order valence-corrected chi connectivity index (χ0v) is 13.2. The van der Waals surface area contributed by atoms with Crippen LogP contribution in [0.25, 0.3) is 0 Å². The predicted octanol–water partition coefficient (Wildman–Crippen LogP) is 2.12. The molecule has 2 rings (SSSR count). The van der Waals surface area contributed by atoms with E-state index < -0.39 is 0 Å². The molecule has 0 aliphatic carbocycles. The van der Waals surface area contributed by atoms with Crippen LogP contribution in [0.2, 0.25) is 0 Å². The van der Waals surface area contributed by atoms with E-state index in [9.17, 15) is 14.7 Å². The Morgan fingerprint density at radius 3 is 2.62 bits per heavy atom. The molecule has 1 aliphatic heterocycles. The molecule has 1 aliphatic rings. The Hall–Kier alpha value is -1.76. The molecule has 0 aromatic heterocycles. The molecular formula is C14H17BrN2O4. The van der Waals surface area contributed by atoms with Crippen LogP contribution in [-0.4, -0.2) is 48.2 Å². The Kier molecular flexibility index (Phi) is 5.06. The van der Waals surface area contributed by atoms with Gasteiger partial charge in [0.15, 0.2) is 0 Å². The smallest absolute Gasteiger partial charge is 0.409 e. The van der Waals surface area contributed by atoms with Gasteiger partial charge in [-0.2, -0.15) is 0 Å². The minimum Gasteiger partial charge on any atom is -0.507 e. The third kappa shape index (κ3) is 3.87. The summed E-state index contributed by atoms with van der Waals surface area (Å²) >= 11 is 3.23. The number of likely N-dealkylation sites (tertiary alicyclic amines) is 1. The van der Waals surface area contributed by atoms with Crippen LogP contribution < -0.4 is 5.32 Å². The molecule has 0 atom stereocenters. The van der Waals surface area contributed by atoms with Crippen LogP contribution >= 0.6 is 15.9 Å². The van der Waals surface area contributed by atoms with Crippen molar-refractivity contribution in [1.82, 2.24) is 10.2 Å². The van der Waals surface area contributed by atoms with E-state index in [4.69, 9.17) is 0 Å². The molecule has 0 spiro atoms. The predicted molar refractivity (Wildman–Crippen MR) is 80.3 cm³/mol. The van der Waals surface area contributed by atoms with Crippen molar-refractivity contribution in [3.8, 4) is 5.75 Å². The number of phenolic OH excluding ortho intramolecular Hbond substituents is 1. The van der Waals surface area contributed by atoms with Crippen LogP contribution in [0, 0.1) is 0 Å². The lowest BCUT2D eigenvalue weighted by molar-refractivity contribution is 0.0890. The number of phenols is 1. The van der Waals surface area contributed by atoms with Crippen LogP contribution in [0.15, 0.2) is 22.7 Å². The van der Waals surface area contributed by atoms with Crippen LogP contribution in [0.5, 0.6) is 5.75 Å². The van der Waals surface area contributed by atoms with Gasteiger partial charge in [0.05, 0.1) is 12.7 Å². The highest BCUT2D eigenvalue weighted by molar-refractivity contribution is 9.10. The average Bonchev–Trinajstić information content (AvgIpc) is 2.47. The topological polar surface area (TPSA) is 78.9 Å². The first-order valence-corrected chi connectivity index (χ1v) is 7.43. The number of aromatic hydroxyl groups is 1. The summed E-state index contributed by atoms with van der Waals surface area (Å²) in [6.45, 7) is 1.09. The number of methoxy groups -OCH3 is 1. The molecule has 21 heavy (non-hydrogen) atoms. The number of piperidine rings is 1. The molecule has 0 unspecified atom stereocenters. The number of ether oxygens (including phenoxy) is 1. The average molecular weight is 357 g/mol. The van der Waals surface area contributed by atoms with Crippen LogP contribution in [0.1, 0.15) is 23.2 Å². The van der Waals surface area contributed by atoms with Crippen molar-refractivity contribution in [3.63, 3.8) is 0 Å². The molecule has 7 heteroatoms. The standard InChI is InChI=1S/C14H17BrN2O4/c1-21-14(20)17-6-4-10(5-7-17)16-13(19)11-3-2-9(15)8-12(11)18/h2-3,8,10,18H,4-7H2,1H3,(H,16,19). The second-order valence-corrected chi connectivity index (χ2v) is 5.78. The number of hydrogen-bond acceptors (Lipinski definition) is 4. The zero-order valence-electron chi connectivity index (χ0n) is 11.6. The van der Waals surface area contributed by atoms with E-state index in [-0.39, 0.29) is 29.4 Å². The fourth-order valence-corrected chi connectivity index (χ4v) is 2.64. The Balaban J connectivity index is 1.91. The number of carbonyl (C=O) groups is 2. The SMILES string of the molecule is COC(=O)N1CCC(NC(=O)c2ccc(Br)cc2O)CC1. The molecular weight excluding hydrogens is 340 g/mol. The molecule has 2 amide bonds. The van der Waals surface area contributed by atoms with Crippen LogP contribution in [-0.2, 0) is 4.74 Å². The number of nitrogens with zero attached hydrogens (tertiary/aromatic N) is 1. The number of hydrogen-bond donors (Lipinski definition) is 2. The third-order valence-electron chi connectivity index (χ3n) is 3.47. The Morgan fingerprint density at radius 2 is 2.05 bits per heavy atom. The van der Waals surface area contributed by atoms with Crippen molar-refractivity contribution in [2.75, 3.05) is 20.2 Å². The maximum atomic E-state index is 12.1. The summed E-state index contributed by atoms with van der Waals surface area (Å²) in [5, 5.41) is 12.7. The molecule has 1 aromatic carbocycles. The summed E-state index contributed by atoms with van der Waals surface area (Å²) in [4.78, 5) is 25.1. The molecule has 6 nitrogen and oxygen atoms in total. The molecule has 114 valence electrons. The van der Waals surface area contributed by atoms with Crippen molar-refractivity contribution < 1.29 is 19.4 Å². The minimum absolute atomic E-state index is 0.0125. The van der Waals surface area contributed by atoms with Gasteiger partial charge < -0.3 is 20.1 Å². The van der Waals surface area contributed by atoms with E-state index >= 15 is 0 Å². The van der Waals surface area contributed by atoms with Gasteiger partial charge in [0, 0.05) is 23.6 Å². The summed E-state index contributed by atoms with van der Waals surface area (Å²) in [5.41, 5.74) is 0.244. The second-order valence-electron chi connectivity index (χ2n) is 4.87. The van der Waals surface area contributed by atoms with Gasteiger partial charge in [0.25, 0.3) is 5.91 Å². The van der Waals surface area contributed by atoms with Gasteiger partial charge in [-0.1, -0.05) is 15.9 Å². The number of nitrogens with one attached hydrogen (secondary N) is 1. The first kappa shape index (κ1) is 15.6.